The predicted molar refractivity (Wildman–Crippen MR) is 60.5 cm³/mol. The first-order valence-corrected chi connectivity index (χ1v) is 5.61. The molecular formula is C12H15ClFN. The van der Waals surface area contributed by atoms with Crippen LogP contribution in [0.3, 0.4) is 0 Å². The van der Waals surface area contributed by atoms with Gasteiger partial charge in [-0.1, -0.05) is 24.6 Å². The second kappa shape index (κ2) is 3.76. The molecule has 0 radical (unpaired) electrons. The summed E-state index contributed by atoms with van der Waals surface area (Å²) >= 11 is 6.06. The molecule has 0 aromatic heterocycles. The van der Waals surface area contributed by atoms with Gasteiger partial charge in [-0.15, -0.1) is 0 Å². The highest BCUT2D eigenvalue weighted by molar-refractivity contribution is 6.31. The van der Waals surface area contributed by atoms with Crippen LogP contribution in [0.2, 0.25) is 5.02 Å². The van der Waals surface area contributed by atoms with Crippen molar-refractivity contribution in [3.63, 3.8) is 0 Å². The number of halogens is 2. The second-order valence-electron chi connectivity index (χ2n) is 4.59. The highest BCUT2D eigenvalue weighted by Crippen LogP contribution is 2.49. The third kappa shape index (κ3) is 1.66. The maximum Gasteiger partial charge on any atom is 0.128 e. The van der Waals surface area contributed by atoms with Crippen LogP contribution < -0.4 is 5.73 Å². The minimum atomic E-state index is -0.222. The van der Waals surface area contributed by atoms with Crippen molar-refractivity contribution in [1.82, 2.24) is 0 Å². The molecule has 1 saturated carbocycles. The summed E-state index contributed by atoms with van der Waals surface area (Å²) in [7, 11) is 0. The number of hydrogen-bond acceptors (Lipinski definition) is 1. The van der Waals surface area contributed by atoms with Crippen molar-refractivity contribution in [3.05, 3.63) is 34.6 Å². The van der Waals surface area contributed by atoms with Gasteiger partial charge in [-0.3, -0.25) is 0 Å². The molecule has 82 valence electrons. The van der Waals surface area contributed by atoms with Crippen LogP contribution >= 0.6 is 11.6 Å². The van der Waals surface area contributed by atoms with Gasteiger partial charge in [-0.25, -0.2) is 4.39 Å². The molecule has 0 heterocycles. The molecule has 0 spiro atoms. The highest BCUT2D eigenvalue weighted by atomic mass is 35.5. The molecule has 1 aliphatic carbocycles. The summed E-state index contributed by atoms with van der Waals surface area (Å²) < 4.78 is 13.7. The zero-order valence-corrected chi connectivity index (χ0v) is 9.52. The molecule has 0 atom stereocenters. The molecule has 0 amide bonds. The van der Waals surface area contributed by atoms with Crippen molar-refractivity contribution < 1.29 is 4.39 Å². The Balaban J connectivity index is 2.44. The summed E-state index contributed by atoms with van der Waals surface area (Å²) in [4.78, 5) is 0. The monoisotopic (exact) mass is 227 g/mol. The number of rotatable bonds is 2. The maximum atomic E-state index is 13.7. The fraction of sp³-hybridized carbons (Fsp3) is 0.500. The predicted octanol–water partition coefficient (Wildman–Crippen LogP) is 3.11. The van der Waals surface area contributed by atoms with Gasteiger partial charge in [0.25, 0.3) is 0 Å². The normalized spacial score (nSPS) is 30.0. The lowest BCUT2D eigenvalue weighted by Crippen LogP contribution is -2.47. The lowest BCUT2D eigenvalue weighted by molar-refractivity contribution is 0.160. The minimum Gasteiger partial charge on any atom is -0.330 e. The van der Waals surface area contributed by atoms with Crippen LogP contribution in [0.4, 0.5) is 4.39 Å². The van der Waals surface area contributed by atoms with E-state index >= 15 is 0 Å². The Hall–Kier alpha value is -0.600. The van der Waals surface area contributed by atoms with Gasteiger partial charge >= 0.3 is 0 Å². The van der Waals surface area contributed by atoms with Crippen LogP contribution in [0.15, 0.2) is 18.2 Å². The van der Waals surface area contributed by atoms with Crippen LogP contribution in [0.5, 0.6) is 0 Å². The standard InChI is InChI=1S/C12H15ClFN/c1-8-5-12(6-8,7-15)11-9(13)3-2-4-10(11)14/h2-4,8H,5-7,15H2,1H3. The van der Waals surface area contributed by atoms with Crippen LogP contribution in [0.25, 0.3) is 0 Å². The average Bonchev–Trinajstić information content (AvgIpc) is 2.14. The van der Waals surface area contributed by atoms with Crippen molar-refractivity contribution in [1.29, 1.82) is 0 Å². The quantitative estimate of drug-likeness (QED) is 0.826. The third-order valence-electron chi connectivity index (χ3n) is 3.36. The topological polar surface area (TPSA) is 26.0 Å². The minimum absolute atomic E-state index is 0.220. The first-order chi connectivity index (χ1) is 7.09. The van der Waals surface area contributed by atoms with Gasteiger partial charge in [0.05, 0.1) is 0 Å². The van der Waals surface area contributed by atoms with E-state index < -0.39 is 0 Å². The average molecular weight is 228 g/mol. The largest absolute Gasteiger partial charge is 0.330 e. The zero-order chi connectivity index (χ0) is 11.1. The van der Waals surface area contributed by atoms with E-state index in [9.17, 15) is 4.39 Å². The Labute approximate surface area is 94.4 Å². The molecule has 0 aliphatic heterocycles. The number of nitrogens with two attached hydrogens (primary N) is 1. The van der Waals surface area contributed by atoms with Crippen LogP contribution in [-0.4, -0.2) is 6.54 Å². The van der Waals surface area contributed by atoms with E-state index in [2.05, 4.69) is 6.92 Å². The van der Waals surface area contributed by atoms with E-state index in [0.717, 1.165) is 12.8 Å². The highest BCUT2D eigenvalue weighted by Gasteiger charge is 2.44. The molecule has 1 aromatic rings. The van der Waals surface area contributed by atoms with Gasteiger partial charge < -0.3 is 5.73 Å². The summed E-state index contributed by atoms with van der Waals surface area (Å²) in [5, 5.41) is 0.507. The van der Waals surface area contributed by atoms with Crippen LogP contribution in [0.1, 0.15) is 25.3 Å². The van der Waals surface area contributed by atoms with Gasteiger partial charge in [0.15, 0.2) is 0 Å². The molecule has 1 aromatic carbocycles. The lowest BCUT2D eigenvalue weighted by atomic mass is 9.59. The van der Waals surface area contributed by atoms with E-state index in [1.54, 1.807) is 12.1 Å². The SMILES string of the molecule is CC1CC(CN)(c2c(F)cccc2Cl)C1. The van der Waals surface area contributed by atoms with Crippen molar-refractivity contribution >= 4 is 11.6 Å². The zero-order valence-electron chi connectivity index (χ0n) is 8.76. The Bertz CT molecular complexity index is 352. The smallest absolute Gasteiger partial charge is 0.128 e. The molecule has 1 fully saturated rings. The van der Waals surface area contributed by atoms with Gasteiger partial charge in [-0.05, 0) is 30.9 Å². The van der Waals surface area contributed by atoms with Gasteiger partial charge in [0, 0.05) is 22.5 Å². The molecule has 0 unspecified atom stereocenters. The maximum absolute atomic E-state index is 13.7. The Kier molecular flexibility index (Phi) is 2.73. The Morgan fingerprint density at radius 3 is 2.67 bits per heavy atom. The fourth-order valence-electron chi connectivity index (χ4n) is 2.75. The number of benzene rings is 1. The first-order valence-electron chi connectivity index (χ1n) is 5.23. The summed E-state index contributed by atoms with van der Waals surface area (Å²) in [6, 6.07) is 4.83. The van der Waals surface area contributed by atoms with Crippen molar-refractivity contribution in [2.45, 2.75) is 25.2 Å². The molecule has 1 aliphatic rings. The van der Waals surface area contributed by atoms with Crippen molar-refractivity contribution in [3.8, 4) is 0 Å². The van der Waals surface area contributed by atoms with Gasteiger partial charge in [0.2, 0.25) is 0 Å². The first kappa shape index (κ1) is 10.9. The lowest BCUT2D eigenvalue weighted by Gasteiger charge is -2.46. The molecule has 2 N–H and O–H groups in total. The summed E-state index contributed by atoms with van der Waals surface area (Å²) in [6.45, 7) is 2.63. The van der Waals surface area contributed by atoms with E-state index in [1.165, 1.54) is 6.07 Å². The van der Waals surface area contributed by atoms with Gasteiger partial charge in [0.1, 0.15) is 5.82 Å². The van der Waals surface area contributed by atoms with E-state index in [-0.39, 0.29) is 11.2 Å². The summed E-state index contributed by atoms with van der Waals surface area (Å²) in [6.07, 6.45) is 1.87. The number of hydrogen-bond donors (Lipinski definition) is 1. The Morgan fingerprint density at radius 1 is 1.53 bits per heavy atom. The van der Waals surface area contributed by atoms with E-state index in [0.29, 0.717) is 23.0 Å². The Morgan fingerprint density at radius 2 is 2.20 bits per heavy atom. The van der Waals surface area contributed by atoms with Crippen LogP contribution in [-0.2, 0) is 5.41 Å². The molecule has 3 heteroatoms. The molecular weight excluding hydrogens is 213 g/mol. The summed E-state index contributed by atoms with van der Waals surface area (Å²) in [5.41, 5.74) is 6.17. The molecule has 1 nitrogen and oxygen atoms in total. The van der Waals surface area contributed by atoms with Crippen LogP contribution in [0, 0.1) is 11.7 Å². The van der Waals surface area contributed by atoms with Crippen molar-refractivity contribution in [2.24, 2.45) is 11.7 Å². The molecule has 0 saturated heterocycles. The molecule has 2 rings (SSSR count). The third-order valence-corrected chi connectivity index (χ3v) is 3.68. The second-order valence-corrected chi connectivity index (χ2v) is 5.00. The van der Waals surface area contributed by atoms with Gasteiger partial charge in [-0.2, -0.15) is 0 Å². The summed E-state index contributed by atoms with van der Waals surface area (Å²) in [5.74, 6) is 0.393. The molecule has 15 heavy (non-hydrogen) atoms. The van der Waals surface area contributed by atoms with E-state index in [4.69, 9.17) is 17.3 Å². The van der Waals surface area contributed by atoms with E-state index in [1.807, 2.05) is 0 Å². The van der Waals surface area contributed by atoms with Crippen molar-refractivity contribution in [2.75, 3.05) is 6.54 Å². The molecule has 0 bridgehead atoms. The fourth-order valence-corrected chi connectivity index (χ4v) is 3.12.